The van der Waals surface area contributed by atoms with Crippen molar-refractivity contribution in [3.05, 3.63) is 65.0 Å². The number of hydrogen-bond donors (Lipinski definition) is 1. The van der Waals surface area contributed by atoms with Gasteiger partial charge in [-0.15, -0.1) is 0 Å². The average Bonchev–Trinajstić information content (AvgIpc) is 3.05. The van der Waals surface area contributed by atoms with Gasteiger partial charge in [0.2, 0.25) is 0 Å². The van der Waals surface area contributed by atoms with Crippen molar-refractivity contribution in [1.82, 2.24) is 19.5 Å². The lowest BCUT2D eigenvalue weighted by atomic mass is 10.1. The predicted octanol–water partition coefficient (Wildman–Crippen LogP) is 2.73. The van der Waals surface area contributed by atoms with Crippen LogP contribution < -0.4 is 5.56 Å². The van der Waals surface area contributed by atoms with Crippen molar-refractivity contribution in [2.45, 2.75) is 18.6 Å². The van der Waals surface area contributed by atoms with E-state index in [9.17, 15) is 4.79 Å². The molecule has 0 bridgehead atoms. The van der Waals surface area contributed by atoms with Gasteiger partial charge in [-0.05, 0) is 6.92 Å². The molecule has 0 spiro atoms. The molecule has 112 valence electrons. The van der Waals surface area contributed by atoms with Crippen LogP contribution in [-0.2, 0) is 6.54 Å². The van der Waals surface area contributed by atoms with E-state index in [1.54, 1.807) is 19.4 Å². The number of thioether (sulfide) groups is 1. The third kappa shape index (κ3) is 3.28. The highest BCUT2D eigenvalue weighted by Gasteiger charge is 2.09. The number of aromatic amines is 1. The lowest BCUT2D eigenvalue weighted by molar-refractivity contribution is 0.768. The van der Waals surface area contributed by atoms with Crippen molar-refractivity contribution in [2.24, 2.45) is 0 Å². The maximum Gasteiger partial charge on any atom is 0.255 e. The molecule has 0 saturated heterocycles. The van der Waals surface area contributed by atoms with Gasteiger partial charge >= 0.3 is 0 Å². The SMILES string of the molecule is Cc1c(-c2ccccc2)nc(SCCn2ccnc2)[nH]c1=O. The van der Waals surface area contributed by atoms with Crippen molar-refractivity contribution in [3.63, 3.8) is 0 Å². The molecule has 3 rings (SSSR count). The second-order valence-corrected chi connectivity index (χ2v) is 5.94. The van der Waals surface area contributed by atoms with Crippen LogP contribution >= 0.6 is 11.8 Å². The Morgan fingerprint density at radius 2 is 2.09 bits per heavy atom. The largest absolute Gasteiger partial charge is 0.337 e. The lowest BCUT2D eigenvalue weighted by Gasteiger charge is -2.07. The molecule has 1 N–H and O–H groups in total. The van der Waals surface area contributed by atoms with Gasteiger partial charge in [0.15, 0.2) is 5.16 Å². The van der Waals surface area contributed by atoms with Crippen LogP contribution in [0.5, 0.6) is 0 Å². The third-order valence-electron chi connectivity index (χ3n) is 3.32. The quantitative estimate of drug-likeness (QED) is 0.581. The van der Waals surface area contributed by atoms with Crippen LogP contribution in [0.4, 0.5) is 0 Å². The molecule has 0 aliphatic heterocycles. The molecule has 3 aromatic rings. The van der Waals surface area contributed by atoms with Crippen molar-refractivity contribution < 1.29 is 0 Å². The molecule has 0 unspecified atom stereocenters. The average molecular weight is 312 g/mol. The number of hydrogen-bond acceptors (Lipinski definition) is 4. The highest BCUT2D eigenvalue weighted by atomic mass is 32.2. The highest BCUT2D eigenvalue weighted by molar-refractivity contribution is 7.99. The zero-order chi connectivity index (χ0) is 15.4. The summed E-state index contributed by atoms with van der Waals surface area (Å²) in [6.45, 7) is 2.62. The molecule has 5 nitrogen and oxygen atoms in total. The first-order valence-electron chi connectivity index (χ1n) is 6.99. The van der Waals surface area contributed by atoms with Crippen LogP contribution in [0.3, 0.4) is 0 Å². The summed E-state index contributed by atoms with van der Waals surface area (Å²) in [4.78, 5) is 23.6. The smallest absolute Gasteiger partial charge is 0.255 e. The second kappa shape index (κ2) is 6.62. The first kappa shape index (κ1) is 14.6. The molecule has 22 heavy (non-hydrogen) atoms. The van der Waals surface area contributed by atoms with Gasteiger partial charge in [-0.1, -0.05) is 42.1 Å². The molecular weight excluding hydrogens is 296 g/mol. The Balaban J connectivity index is 1.80. The molecule has 0 aliphatic carbocycles. The van der Waals surface area contributed by atoms with E-state index in [0.717, 1.165) is 23.6 Å². The zero-order valence-electron chi connectivity index (χ0n) is 12.2. The molecule has 2 aromatic heterocycles. The summed E-state index contributed by atoms with van der Waals surface area (Å²) in [5.74, 6) is 0.816. The maximum absolute atomic E-state index is 12.1. The minimum absolute atomic E-state index is 0.0843. The lowest BCUT2D eigenvalue weighted by Crippen LogP contribution is -2.14. The van der Waals surface area contributed by atoms with Gasteiger partial charge in [0, 0.05) is 35.8 Å². The fourth-order valence-electron chi connectivity index (χ4n) is 2.12. The molecule has 0 atom stereocenters. The normalized spacial score (nSPS) is 10.8. The number of aromatic nitrogens is 4. The number of H-pyrrole nitrogens is 1. The third-order valence-corrected chi connectivity index (χ3v) is 4.18. The first-order chi connectivity index (χ1) is 10.7. The van der Waals surface area contributed by atoms with E-state index in [2.05, 4.69) is 15.0 Å². The molecule has 0 saturated carbocycles. The van der Waals surface area contributed by atoms with Gasteiger partial charge in [-0.25, -0.2) is 9.97 Å². The highest BCUT2D eigenvalue weighted by Crippen LogP contribution is 2.21. The predicted molar refractivity (Wildman–Crippen MR) is 88.0 cm³/mol. The summed E-state index contributed by atoms with van der Waals surface area (Å²) in [6, 6.07) is 9.78. The van der Waals surface area contributed by atoms with Crippen LogP contribution in [0.25, 0.3) is 11.3 Å². The molecule has 1 aromatic carbocycles. The van der Waals surface area contributed by atoms with Crippen LogP contribution in [-0.4, -0.2) is 25.3 Å². The van der Waals surface area contributed by atoms with Crippen molar-refractivity contribution in [2.75, 3.05) is 5.75 Å². The fourth-order valence-corrected chi connectivity index (χ4v) is 2.94. The molecular formula is C16H16N4OS. The van der Waals surface area contributed by atoms with E-state index < -0.39 is 0 Å². The number of nitrogens with zero attached hydrogens (tertiary/aromatic N) is 3. The topological polar surface area (TPSA) is 63.6 Å². The van der Waals surface area contributed by atoms with Crippen molar-refractivity contribution in [1.29, 1.82) is 0 Å². The van der Waals surface area contributed by atoms with E-state index in [-0.39, 0.29) is 5.56 Å². The Morgan fingerprint density at radius 1 is 1.27 bits per heavy atom. The Hall–Kier alpha value is -2.34. The summed E-state index contributed by atoms with van der Waals surface area (Å²) in [5.41, 5.74) is 2.26. The first-order valence-corrected chi connectivity index (χ1v) is 7.97. The molecule has 0 fully saturated rings. The van der Waals surface area contributed by atoms with Crippen LogP contribution in [0.1, 0.15) is 5.56 Å². The van der Waals surface area contributed by atoms with Gasteiger partial charge in [0.05, 0.1) is 12.0 Å². The summed E-state index contributed by atoms with van der Waals surface area (Å²) in [5, 5.41) is 0.648. The molecule has 0 radical (unpaired) electrons. The monoisotopic (exact) mass is 312 g/mol. The number of rotatable bonds is 5. The maximum atomic E-state index is 12.1. The molecule has 6 heteroatoms. The van der Waals surface area contributed by atoms with Gasteiger partial charge < -0.3 is 9.55 Å². The second-order valence-electron chi connectivity index (χ2n) is 4.86. The number of benzene rings is 1. The molecule has 2 heterocycles. The zero-order valence-corrected chi connectivity index (χ0v) is 13.0. The van der Waals surface area contributed by atoms with Crippen LogP contribution in [0.2, 0.25) is 0 Å². The summed E-state index contributed by atoms with van der Waals surface area (Å²) in [7, 11) is 0. The van der Waals surface area contributed by atoms with Crippen molar-refractivity contribution in [3.8, 4) is 11.3 Å². The van der Waals surface area contributed by atoms with Crippen LogP contribution in [0, 0.1) is 6.92 Å². The summed E-state index contributed by atoms with van der Waals surface area (Å²) < 4.78 is 2.00. The van der Waals surface area contributed by atoms with E-state index in [1.807, 2.05) is 41.1 Å². The van der Waals surface area contributed by atoms with Gasteiger partial charge in [0.1, 0.15) is 0 Å². The Labute approximate surface area is 132 Å². The van der Waals surface area contributed by atoms with E-state index >= 15 is 0 Å². The Bertz CT molecular complexity index is 797. The van der Waals surface area contributed by atoms with Crippen molar-refractivity contribution >= 4 is 11.8 Å². The van der Waals surface area contributed by atoms with E-state index in [0.29, 0.717) is 10.7 Å². The van der Waals surface area contributed by atoms with E-state index in [1.165, 1.54) is 11.8 Å². The Morgan fingerprint density at radius 3 is 2.82 bits per heavy atom. The molecule has 0 aliphatic rings. The Kier molecular flexibility index (Phi) is 4.39. The van der Waals surface area contributed by atoms with E-state index in [4.69, 9.17) is 0 Å². The standard InChI is InChI=1S/C16H16N4OS/c1-12-14(13-5-3-2-4-6-13)18-16(19-15(12)21)22-10-9-20-8-7-17-11-20/h2-8,11H,9-10H2,1H3,(H,18,19,21). The van der Waals surface area contributed by atoms with Gasteiger partial charge in [-0.2, -0.15) is 0 Å². The summed E-state index contributed by atoms with van der Waals surface area (Å²) >= 11 is 1.54. The van der Waals surface area contributed by atoms with Crippen LogP contribution in [0.15, 0.2) is 59.0 Å². The molecule has 0 amide bonds. The number of imidazole rings is 1. The summed E-state index contributed by atoms with van der Waals surface area (Å²) in [6.07, 6.45) is 5.45. The number of aryl methyl sites for hydroxylation is 1. The number of nitrogens with one attached hydrogen (secondary N) is 1. The fraction of sp³-hybridized carbons (Fsp3) is 0.188. The van der Waals surface area contributed by atoms with Gasteiger partial charge in [0.25, 0.3) is 5.56 Å². The van der Waals surface area contributed by atoms with Gasteiger partial charge in [-0.3, -0.25) is 4.79 Å². The minimum atomic E-state index is -0.0843. The minimum Gasteiger partial charge on any atom is -0.337 e.